The molecule has 3 aromatic rings. The van der Waals surface area contributed by atoms with Gasteiger partial charge in [-0.05, 0) is 49.9 Å². The number of halogens is 1. The first-order chi connectivity index (χ1) is 18.1. The maximum atomic E-state index is 14.5. The number of aldehydes is 1. The second-order valence-corrected chi connectivity index (χ2v) is 9.51. The van der Waals surface area contributed by atoms with Crippen LogP contribution >= 0.6 is 0 Å². The number of hydrogen-bond acceptors (Lipinski definition) is 8. The van der Waals surface area contributed by atoms with Crippen LogP contribution in [0.2, 0.25) is 0 Å². The van der Waals surface area contributed by atoms with Crippen molar-refractivity contribution in [1.82, 2.24) is 14.9 Å². The Bertz CT molecular complexity index is 1470. The number of nitrogens with zero attached hydrogens (tertiary/aromatic N) is 2. The number of fused-ring (bicyclic) bond motifs is 4. The lowest BCUT2D eigenvalue weighted by Crippen LogP contribution is -2.32. The number of aromatic nitrogens is 2. The lowest BCUT2D eigenvalue weighted by atomic mass is 9.92. The predicted octanol–water partition coefficient (Wildman–Crippen LogP) is 1.41. The van der Waals surface area contributed by atoms with Crippen molar-refractivity contribution in [3.8, 4) is 11.4 Å². The van der Waals surface area contributed by atoms with E-state index in [1.807, 2.05) is 0 Å². The number of amides is 1. The number of aryl methyl sites for hydroxylation is 2. The zero-order valence-corrected chi connectivity index (χ0v) is 21.6. The Labute approximate surface area is 218 Å². The van der Waals surface area contributed by atoms with Gasteiger partial charge in [-0.15, -0.1) is 0 Å². The summed E-state index contributed by atoms with van der Waals surface area (Å²) in [7, 11) is 1.43. The molecule has 1 amide bonds. The molecule has 4 N–H and O–H groups in total. The molecule has 0 unspecified atom stereocenters. The first kappa shape index (κ1) is 27.5. The van der Waals surface area contributed by atoms with Crippen molar-refractivity contribution in [2.45, 2.75) is 45.4 Å². The van der Waals surface area contributed by atoms with Crippen LogP contribution in [0.5, 0.6) is 0 Å². The van der Waals surface area contributed by atoms with Gasteiger partial charge in [0.1, 0.15) is 18.1 Å². The smallest absolute Gasteiger partial charge is 0.257 e. The molecule has 0 bridgehead atoms. The Kier molecular flexibility index (Phi) is 8.02. The van der Waals surface area contributed by atoms with E-state index in [4.69, 9.17) is 20.2 Å². The van der Waals surface area contributed by atoms with Gasteiger partial charge < -0.3 is 30.2 Å². The minimum absolute atomic E-state index is 0.0398. The predicted molar refractivity (Wildman–Crippen MR) is 138 cm³/mol. The number of aliphatic hydroxyl groups is 1. The van der Waals surface area contributed by atoms with Crippen molar-refractivity contribution in [1.29, 1.82) is 0 Å². The molecule has 4 rings (SSSR count). The van der Waals surface area contributed by atoms with Crippen LogP contribution in [0.3, 0.4) is 0 Å². The molecule has 1 aromatic carbocycles. The Morgan fingerprint density at radius 2 is 2.11 bits per heavy atom. The lowest BCUT2D eigenvalue weighted by molar-refractivity contribution is -0.123. The van der Waals surface area contributed by atoms with Gasteiger partial charge in [0.15, 0.2) is 6.29 Å². The summed E-state index contributed by atoms with van der Waals surface area (Å²) in [5, 5.41) is 14.1. The van der Waals surface area contributed by atoms with Gasteiger partial charge in [0.05, 0.1) is 36.6 Å². The number of benzene rings is 1. The quantitative estimate of drug-likeness (QED) is 0.151. The number of rotatable bonds is 11. The fourth-order valence-corrected chi connectivity index (χ4v) is 4.79. The molecule has 2 aromatic heterocycles. The number of hydrogen-bond donors (Lipinski definition) is 3. The van der Waals surface area contributed by atoms with Gasteiger partial charge in [-0.3, -0.25) is 14.4 Å². The number of ether oxygens (including phenoxy) is 2. The molecule has 0 fully saturated rings. The van der Waals surface area contributed by atoms with Gasteiger partial charge in [-0.2, -0.15) is 0 Å². The van der Waals surface area contributed by atoms with Crippen LogP contribution < -0.4 is 16.6 Å². The molecular formula is C27H31FN4O6. The van der Waals surface area contributed by atoms with Gasteiger partial charge in [0.25, 0.3) is 5.56 Å². The third kappa shape index (κ3) is 5.10. The number of methoxy groups -OCH3 is 1. The van der Waals surface area contributed by atoms with Gasteiger partial charge >= 0.3 is 0 Å². The van der Waals surface area contributed by atoms with E-state index in [1.165, 1.54) is 20.1 Å². The molecule has 0 radical (unpaired) electrons. The van der Waals surface area contributed by atoms with Gasteiger partial charge in [-0.1, -0.05) is 0 Å². The maximum absolute atomic E-state index is 14.5. The SMILES string of the molecule is COCc1c([C@](C)(O)C=O)cc2n(c1=O)Cc1c-2nc2cc(F)c(C)cc2c1CCCOCNC(=O)CN. The minimum atomic E-state index is -1.91. The van der Waals surface area contributed by atoms with E-state index in [0.29, 0.717) is 48.2 Å². The summed E-state index contributed by atoms with van der Waals surface area (Å²) in [5.41, 5.74) is 6.84. The molecule has 11 heteroatoms. The molecular weight excluding hydrogens is 495 g/mol. The number of nitrogens with one attached hydrogen (secondary N) is 1. The van der Waals surface area contributed by atoms with E-state index >= 15 is 0 Å². The van der Waals surface area contributed by atoms with Crippen LogP contribution in [0.25, 0.3) is 22.3 Å². The molecule has 0 spiro atoms. The van der Waals surface area contributed by atoms with Crippen molar-refractivity contribution in [3.63, 3.8) is 0 Å². The number of pyridine rings is 2. The van der Waals surface area contributed by atoms with Crippen LogP contribution in [-0.4, -0.2) is 53.8 Å². The normalized spacial score (nSPS) is 13.7. The van der Waals surface area contributed by atoms with Crippen molar-refractivity contribution in [2.75, 3.05) is 27.0 Å². The average molecular weight is 527 g/mol. The number of carbonyl (C=O) groups excluding carboxylic acids is 2. The van der Waals surface area contributed by atoms with Gasteiger partial charge in [-0.25, -0.2) is 9.37 Å². The minimum Gasteiger partial charge on any atom is -0.380 e. The lowest BCUT2D eigenvalue weighted by Gasteiger charge is -2.21. The van der Waals surface area contributed by atoms with Crippen LogP contribution in [0.1, 0.15) is 41.2 Å². The summed E-state index contributed by atoms with van der Waals surface area (Å²) >= 11 is 0. The molecule has 1 atom stereocenters. The standard InChI is InChI=1S/C27H31FN4O6/c1-15-7-17-16(5-4-6-38-14-30-24(34)10-29)18-11-32-23(25(18)31-22(17)9-21(15)28)8-20(27(2,36)13-33)19(12-37-3)26(32)35/h7-9,13,36H,4-6,10-12,14,29H2,1-3H3,(H,30,34)/t27-/m1/s1. The zero-order chi connectivity index (χ0) is 27.6. The molecule has 1 aliphatic heterocycles. The largest absolute Gasteiger partial charge is 0.380 e. The molecule has 0 saturated carbocycles. The highest BCUT2D eigenvalue weighted by molar-refractivity contribution is 5.89. The average Bonchev–Trinajstić information content (AvgIpc) is 3.26. The molecule has 38 heavy (non-hydrogen) atoms. The number of nitrogens with two attached hydrogens (primary N) is 1. The summed E-state index contributed by atoms with van der Waals surface area (Å²) in [4.78, 5) is 41.2. The summed E-state index contributed by atoms with van der Waals surface area (Å²) in [5.74, 6) is -0.713. The highest BCUT2D eigenvalue weighted by atomic mass is 19.1. The van der Waals surface area contributed by atoms with Gasteiger partial charge in [0, 0.05) is 41.9 Å². The first-order valence-electron chi connectivity index (χ1n) is 12.2. The van der Waals surface area contributed by atoms with Crippen molar-refractivity contribution in [2.24, 2.45) is 5.73 Å². The Hall–Kier alpha value is -3.51. The van der Waals surface area contributed by atoms with E-state index in [2.05, 4.69) is 5.32 Å². The fraction of sp³-hybridized carbons (Fsp3) is 0.407. The van der Waals surface area contributed by atoms with E-state index in [1.54, 1.807) is 23.6 Å². The summed E-state index contributed by atoms with van der Waals surface area (Å²) in [6, 6.07) is 4.71. The molecule has 10 nitrogen and oxygen atoms in total. The van der Waals surface area contributed by atoms with E-state index in [0.717, 1.165) is 16.5 Å². The molecule has 0 aliphatic carbocycles. The highest BCUT2D eigenvalue weighted by Gasteiger charge is 2.33. The van der Waals surface area contributed by atoms with Crippen LogP contribution in [-0.2, 0) is 44.2 Å². The van der Waals surface area contributed by atoms with E-state index in [-0.39, 0.29) is 43.5 Å². The second kappa shape index (κ2) is 11.1. The first-order valence-corrected chi connectivity index (χ1v) is 12.2. The second-order valence-electron chi connectivity index (χ2n) is 9.51. The van der Waals surface area contributed by atoms with Crippen molar-refractivity contribution >= 4 is 23.1 Å². The summed E-state index contributed by atoms with van der Waals surface area (Å²) in [6.07, 6.45) is 1.51. The topological polar surface area (TPSA) is 146 Å². The highest BCUT2D eigenvalue weighted by Crippen LogP contribution is 2.38. The van der Waals surface area contributed by atoms with Gasteiger partial charge in [0.2, 0.25) is 5.91 Å². The molecule has 3 heterocycles. The summed E-state index contributed by atoms with van der Waals surface area (Å²) < 4.78 is 26.8. The van der Waals surface area contributed by atoms with Crippen LogP contribution in [0, 0.1) is 12.7 Å². The van der Waals surface area contributed by atoms with Crippen molar-refractivity contribution in [3.05, 3.63) is 62.2 Å². The Balaban J connectivity index is 1.79. The zero-order valence-electron chi connectivity index (χ0n) is 21.6. The maximum Gasteiger partial charge on any atom is 0.257 e. The van der Waals surface area contributed by atoms with E-state index < -0.39 is 17.0 Å². The van der Waals surface area contributed by atoms with Crippen molar-refractivity contribution < 1.29 is 28.6 Å². The Morgan fingerprint density at radius 1 is 1.34 bits per heavy atom. The third-order valence-electron chi connectivity index (χ3n) is 6.78. The number of carbonyl (C=O) groups is 2. The van der Waals surface area contributed by atoms with Crippen LogP contribution in [0.15, 0.2) is 23.0 Å². The fourth-order valence-electron chi connectivity index (χ4n) is 4.79. The van der Waals surface area contributed by atoms with E-state index in [9.17, 15) is 23.9 Å². The Morgan fingerprint density at radius 3 is 2.79 bits per heavy atom. The third-order valence-corrected chi connectivity index (χ3v) is 6.78. The summed E-state index contributed by atoms with van der Waals surface area (Å²) in [6.45, 7) is 3.40. The molecule has 202 valence electrons. The molecule has 0 saturated heterocycles. The molecule has 1 aliphatic rings. The van der Waals surface area contributed by atoms with Crippen LogP contribution in [0.4, 0.5) is 4.39 Å². The monoisotopic (exact) mass is 526 g/mol.